The smallest absolute Gasteiger partial charge is 0.137 e. The lowest BCUT2D eigenvalue weighted by molar-refractivity contribution is 0.955. The molecular weight excluding hydrogens is 255 g/mol. The van der Waals surface area contributed by atoms with Gasteiger partial charge in [-0.2, -0.15) is 0 Å². The van der Waals surface area contributed by atoms with Crippen LogP contribution in [0.5, 0.6) is 0 Å². The van der Waals surface area contributed by atoms with Gasteiger partial charge in [0.1, 0.15) is 16.1 Å². The van der Waals surface area contributed by atoms with Gasteiger partial charge in [0.15, 0.2) is 0 Å². The molecule has 2 aromatic rings. The van der Waals surface area contributed by atoms with Crippen LogP contribution in [0.15, 0.2) is 24.3 Å². The molecule has 0 fully saturated rings. The van der Waals surface area contributed by atoms with E-state index in [-0.39, 0.29) is 0 Å². The number of aromatic nitrogens is 2. The second-order valence-electron chi connectivity index (χ2n) is 4.01. The average molecular weight is 267 g/mol. The first-order chi connectivity index (χ1) is 8.06. The van der Waals surface area contributed by atoms with Crippen molar-refractivity contribution in [2.75, 3.05) is 0 Å². The molecular formula is C13H12Cl2N2. The van der Waals surface area contributed by atoms with E-state index in [2.05, 4.69) is 29.0 Å². The van der Waals surface area contributed by atoms with E-state index in [0.717, 1.165) is 11.1 Å². The highest BCUT2D eigenvalue weighted by atomic mass is 35.5. The number of halogens is 2. The van der Waals surface area contributed by atoms with Gasteiger partial charge in [-0.15, -0.1) is 0 Å². The van der Waals surface area contributed by atoms with Crippen molar-refractivity contribution in [2.24, 2.45) is 0 Å². The van der Waals surface area contributed by atoms with E-state index in [1.165, 1.54) is 5.56 Å². The molecule has 1 aromatic heterocycles. The number of hydrogen-bond acceptors (Lipinski definition) is 2. The van der Waals surface area contributed by atoms with Gasteiger partial charge in [-0.05, 0) is 19.4 Å². The molecule has 0 unspecified atom stereocenters. The topological polar surface area (TPSA) is 25.8 Å². The third-order valence-electron chi connectivity index (χ3n) is 2.52. The molecule has 4 heteroatoms. The largest absolute Gasteiger partial charge is 0.220 e. The fraction of sp³-hybridized carbons (Fsp3) is 0.231. The van der Waals surface area contributed by atoms with E-state index in [1.54, 1.807) is 6.92 Å². The van der Waals surface area contributed by atoms with Crippen molar-refractivity contribution >= 4 is 23.2 Å². The van der Waals surface area contributed by atoms with Crippen molar-refractivity contribution in [1.29, 1.82) is 0 Å². The zero-order valence-corrected chi connectivity index (χ0v) is 11.2. The minimum absolute atomic E-state index is 0.424. The summed E-state index contributed by atoms with van der Waals surface area (Å²) in [6.45, 7) is 3.86. The highest BCUT2D eigenvalue weighted by Crippen LogP contribution is 2.20. The van der Waals surface area contributed by atoms with Gasteiger partial charge in [0, 0.05) is 12.0 Å². The van der Waals surface area contributed by atoms with Crippen LogP contribution >= 0.6 is 23.2 Å². The first-order valence-electron chi connectivity index (χ1n) is 5.30. The molecule has 0 spiro atoms. The SMILES string of the molecule is Cc1cccc(Cc2nc(Cl)c(C)c(Cl)n2)c1. The maximum absolute atomic E-state index is 5.98. The Morgan fingerprint density at radius 1 is 1.06 bits per heavy atom. The molecule has 0 radical (unpaired) electrons. The fourth-order valence-electron chi connectivity index (χ4n) is 1.59. The molecule has 0 N–H and O–H groups in total. The van der Waals surface area contributed by atoms with E-state index in [1.807, 2.05) is 12.1 Å². The Kier molecular flexibility index (Phi) is 3.65. The van der Waals surface area contributed by atoms with E-state index in [9.17, 15) is 0 Å². The maximum Gasteiger partial charge on any atom is 0.137 e. The molecule has 0 aliphatic carbocycles. The lowest BCUT2D eigenvalue weighted by Gasteiger charge is -2.05. The van der Waals surface area contributed by atoms with Crippen molar-refractivity contribution < 1.29 is 0 Å². The van der Waals surface area contributed by atoms with Crippen LogP contribution in [0.4, 0.5) is 0 Å². The molecule has 1 heterocycles. The Hall–Kier alpha value is -1.12. The van der Waals surface area contributed by atoms with Crippen molar-refractivity contribution in [3.63, 3.8) is 0 Å². The van der Waals surface area contributed by atoms with Crippen molar-refractivity contribution in [3.8, 4) is 0 Å². The van der Waals surface area contributed by atoms with Crippen LogP contribution in [-0.2, 0) is 6.42 Å². The second-order valence-corrected chi connectivity index (χ2v) is 4.73. The molecule has 2 rings (SSSR count). The summed E-state index contributed by atoms with van der Waals surface area (Å²) in [7, 11) is 0. The van der Waals surface area contributed by atoms with Crippen molar-refractivity contribution in [3.05, 3.63) is 57.1 Å². The van der Waals surface area contributed by atoms with E-state index >= 15 is 0 Å². The quantitative estimate of drug-likeness (QED) is 0.769. The van der Waals surface area contributed by atoms with Gasteiger partial charge in [0.25, 0.3) is 0 Å². The zero-order chi connectivity index (χ0) is 12.4. The van der Waals surface area contributed by atoms with Crippen LogP contribution < -0.4 is 0 Å². The van der Waals surface area contributed by atoms with Gasteiger partial charge >= 0.3 is 0 Å². The van der Waals surface area contributed by atoms with Crippen molar-refractivity contribution in [2.45, 2.75) is 20.3 Å². The Morgan fingerprint density at radius 3 is 2.29 bits per heavy atom. The fourth-order valence-corrected chi connectivity index (χ4v) is 2.01. The molecule has 0 atom stereocenters. The molecule has 2 nitrogen and oxygen atoms in total. The number of aryl methyl sites for hydroxylation is 1. The number of rotatable bonds is 2. The number of benzene rings is 1. The lowest BCUT2D eigenvalue weighted by Crippen LogP contribution is -1.99. The van der Waals surface area contributed by atoms with Crippen LogP contribution in [0.1, 0.15) is 22.5 Å². The molecule has 0 amide bonds. The summed E-state index contributed by atoms with van der Waals surface area (Å²) in [5.41, 5.74) is 3.09. The molecule has 0 aliphatic rings. The van der Waals surface area contributed by atoms with Crippen LogP contribution in [0, 0.1) is 13.8 Å². The maximum atomic E-state index is 5.98. The third-order valence-corrected chi connectivity index (χ3v) is 3.25. The van der Waals surface area contributed by atoms with Gasteiger partial charge in [0.2, 0.25) is 0 Å². The van der Waals surface area contributed by atoms with E-state index in [4.69, 9.17) is 23.2 Å². The zero-order valence-electron chi connectivity index (χ0n) is 9.67. The predicted octanol–water partition coefficient (Wildman–Crippen LogP) is 3.99. The van der Waals surface area contributed by atoms with Gasteiger partial charge in [0.05, 0.1) is 0 Å². The monoisotopic (exact) mass is 266 g/mol. The van der Waals surface area contributed by atoms with Gasteiger partial charge in [-0.25, -0.2) is 9.97 Å². The number of nitrogens with zero attached hydrogens (tertiary/aromatic N) is 2. The Balaban J connectivity index is 2.31. The molecule has 0 saturated carbocycles. The molecule has 17 heavy (non-hydrogen) atoms. The standard InChI is InChI=1S/C13H12Cl2N2/c1-8-4-3-5-10(6-8)7-11-16-12(14)9(2)13(15)17-11/h3-6H,7H2,1-2H3. The molecule has 0 aliphatic heterocycles. The number of hydrogen-bond donors (Lipinski definition) is 0. The second kappa shape index (κ2) is 5.03. The van der Waals surface area contributed by atoms with Crippen LogP contribution in [0.2, 0.25) is 10.3 Å². The first-order valence-corrected chi connectivity index (χ1v) is 6.06. The predicted molar refractivity (Wildman–Crippen MR) is 70.8 cm³/mol. The van der Waals surface area contributed by atoms with Crippen molar-refractivity contribution in [1.82, 2.24) is 9.97 Å². The summed E-state index contributed by atoms with van der Waals surface area (Å²) in [5, 5.41) is 0.848. The Bertz CT molecular complexity index is 530. The molecule has 1 aromatic carbocycles. The normalized spacial score (nSPS) is 10.6. The Labute approximate surface area is 111 Å². The van der Waals surface area contributed by atoms with Crippen LogP contribution in [0.3, 0.4) is 0 Å². The summed E-state index contributed by atoms with van der Waals surface area (Å²) in [6.07, 6.45) is 0.640. The molecule has 88 valence electrons. The summed E-state index contributed by atoms with van der Waals surface area (Å²) in [6, 6.07) is 8.21. The lowest BCUT2D eigenvalue weighted by atomic mass is 10.1. The van der Waals surface area contributed by atoms with Gasteiger partial charge < -0.3 is 0 Å². The highest BCUT2D eigenvalue weighted by molar-refractivity contribution is 6.34. The first kappa shape index (κ1) is 12.3. The molecule has 0 bridgehead atoms. The van der Waals surface area contributed by atoms with E-state index < -0.39 is 0 Å². The average Bonchev–Trinajstić information content (AvgIpc) is 2.26. The minimum Gasteiger partial charge on any atom is -0.220 e. The Morgan fingerprint density at radius 2 is 1.71 bits per heavy atom. The summed E-state index contributed by atoms with van der Waals surface area (Å²) in [4.78, 5) is 8.46. The summed E-state index contributed by atoms with van der Waals surface area (Å²) >= 11 is 12.0. The van der Waals surface area contributed by atoms with Gasteiger partial charge in [-0.1, -0.05) is 53.0 Å². The van der Waals surface area contributed by atoms with Crippen LogP contribution in [-0.4, -0.2) is 9.97 Å². The summed E-state index contributed by atoms with van der Waals surface area (Å²) < 4.78 is 0. The highest BCUT2D eigenvalue weighted by Gasteiger charge is 2.08. The van der Waals surface area contributed by atoms with Crippen LogP contribution in [0.25, 0.3) is 0 Å². The van der Waals surface area contributed by atoms with E-state index in [0.29, 0.717) is 22.6 Å². The molecule has 0 saturated heterocycles. The van der Waals surface area contributed by atoms with Gasteiger partial charge in [-0.3, -0.25) is 0 Å². The summed E-state index contributed by atoms with van der Waals surface area (Å²) in [5.74, 6) is 0.649. The third kappa shape index (κ3) is 2.96. The minimum atomic E-state index is 0.424.